The lowest BCUT2D eigenvalue weighted by molar-refractivity contribution is -0.144. The van der Waals surface area contributed by atoms with Gasteiger partial charge < -0.3 is 20.1 Å². The number of carbonyl (C=O) groups excluding carboxylic acids is 3. The first-order valence-electron chi connectivity index (χ1n) is 7.67. The number of hydrogen-bond acceptors (Lipinski definition) is 6. The number of esters is 1. The van der Waals surface area contributed by atoms with Crippen molar-refractivity contribution in [3.8, 4) is 5.75 Å². The Morgan fingerprint density at radius 1 is 1.00 bits per heavy atom. The molecule has 0 saturated carbocycles. The van der Waals surface area contributed by atoms with Crippen LogP contribution in [0, 0.1) is 5.82 Å². The molecule has 0 saturated heterocycles. The molecule has 2 rings (SSSR count). The molecule has 0 atom stereocenters. The monoisotopic (exact) mass is 380 g/mol. The van der Waals surface area contributed by atoms with E-state index in [1.165, 1.54) is 35.6 Å². The van der Waals surface area contributed by atoms with Gasteiger partial charge in [-0.05, 0) is 35.7 Å². The Balaban J connectivity index is 1.54. The minimum atomic E-state index is -0.634. The first-order chi connectivity index (χ1) is 12.5. The number of benzene rings is 1. The molecular weight excluding hydrogens is 363 g/mol. The van der Waals surface area contributed by atoms with Crippen molar-refractivity contribution in [1.29, 1.82) is 0 Å². The van der Waals surface area contributed by atoms with Crippen molar-refractivity contribution in [2.24, 2.45) is 0 Å². The molecular formula is C17H17FN2O5S. The second kappa shape index (κ2) is 10.1. The summed E-state index contributed by atoms with van der Waals surface area (Å²) in [6.45, 7) is -0.467. The lowest BCUT2D eigenvalue weighted by Gasteiger charge is -2.08. The normalized spacial score (nSPS) is 10.0. The number of carbonyl (C=O) groups is 3. The molecule has 138 valence electrons. The minimum absolute atomic E-state index is 0.0127. The number of hydrogen-bond donors (Lipinski definition) is 2. The highest BCUT2D eigenvalue weighted by molar-refractivity contribution is 7.12. The van der Waals surface area contributed by atoms with E-state index in [0.717, 1.165) is 0 Å². The van der Waals surface area contributed by atoms with E-state index in [-0.39, 0.29) is 38.0 Å². The van der Waals surface area contributed by atoms with Gasteiger partial charge in [0.25, 0.3) is 5.91 Å². The first-order valence-corrected chi connectivity index (χ1v) is 8.55. The second-order valence-electron chi connectivity index (χ2n) is 4.96. The summed E-state index contributed by atoms with van der Waals surface area (Å²) in [4.78, 5) is 35.2. The molecule has 0 bridgehead atoms. The summed E-state index contributed by atoms with van der Waals surface area (Å²) < 4.78 is 22.9. The predicted octanol–water partition coefficient (Wildman–Crippen LogP) is 1.36. The highest BCUT2D eigenvalue weighted by Crippen LogP contribution is 2.10. The predicted molar refractivity (Wildman–Crippen MR) is 92.5 cm³/mol. The molecule has 7 nitrogen and oxygen atoms in total. The summed E-state index contributed by atoms with van der Waals surface area (Å²) in [7, 11) is 0. The van der Waals surface area contributed by atoms with Gasteiger partial charge in [0.15, 0.2) is 0 Å². The van der Waals surface area contributed by atoms with Crippen LogP contribution in [0.15, 0.2) is 41.8 Å². The largest absolute Gasteiger partial charge is 0.490 e. The van der Waals surface area contributed by atoms with Crippen molar-refractivity contribution in [2.45, 2.75) is 0 Å². The first kappa shape index (κ1) is 19.4. The maximum absolute atomic E-state index is 12.7. The second-order valence-corrected chi connectivity index (χ2v) is 5.91. The van der Waals surface area contributed by atoms with Gasteiger partial charge in [-0.2, -0.15) is 0 Å². The van der Waals surface area contributed by atoms with Crippen LogP contribution in [-0.4, -0.2) is 44.1 Å². The fourth-order valence-electron chi connectivity index (χ4n) is 1.79. The Morgan fingerprint density at radius 2 is 1.77 bits per heavy atom. The van der Waals surface area contributed by atoms with Gasteiger partial charge in [-0.3, -0.25) is 14.4 Å². The van der Waals surface area contributed by atoms with E-state index < -0.39 is 11.9 Å². The zero-order chi connectivity index (χ0) is 18.8. The number of amides is 2. The molecule has 1 heterocycles. The molecule has 2 N–H and O–H groups in total. The van der Waals surface area contributed by atoms with Crippen LogP contribution < -0.4 is 15.4 Å². The number of thiophene rings is 1. The molecule has 0 spiro atoms. The fourth-order valence-corrected chi connectivity index (χ4v) is 2.43. The van der Waals surface area contributed by atoms with E-state index in [0.29, 0.717) is 10.6 Å². The number of ether oxygens (including phenoxy) is 2. The van der Waals surface area contributed by atoms with Crippen molar-refractivity contribution in [3.63, 3.8) is 0 Å². The van der Waals surface area contributed by atoms with Gasteiger partial charge >= 0.3 is 5.97 Å². The van der Waals surface area contributed by atoms with E-state index in [9.17, 15) is 18.8 Å². The molecule has 0 fully saturated rings. The van der Waals surface area contributed by atoms with Gasteiger partial charge in [-0.25, -0.2) is 4.39 Å². The quantitative estimate of drug-likeness (QED) is 0.506. The average Bonchev–Trinajstić information content (AvgIpc) is 3.18. The Labute approximate surface area is 153 Å². The molecule has 26 heavy (non-hydrogen) atoms. The molecule has 2 aromatic rings. The van der Waals surface area contributed by atoms with Gasteiger partial charge in [0, 0.05) is 0 Å². The molecule has 0 unspecified atom stereocenters. The summed E-state index contributed by atoms with van der Waals surface area (Å²) in [5, 5.41) is 6.54. The molecule has 0 aliphatic rings. The Bertz CT molecular complexity index is 734. The maximum atomic E-state index is 12.7. The zero-order valence-corrected chi connectivity index (χ0v) is 14.5. The van der Waals surface area contributed by atoms with Crippen LogP contribution in [0.3, 0.4) is 0 Å². The number of nitrogens with one attached hydrogen (secondary N) is 2. The lowest BCUT2D eigenvalue weighted by atomic mass is 10.3. The average molecular weight is 380 g/mol. The van der Waals surface area contributed by atoms with Crippen molar-refractivity contribution < 1.29 is 28.2 Å². The van der Waals surface area contributed by atoms with E-state index in [4.69, 9.17) is 9.47 Å². The van der Waals surface area contributed by atoms with Crippen LogP contribution in [0.25, 0.3) is 0 Å². The fraction of sp³-hybridized carbons (Fsp3) is 0.235. The van der Waals surface area contributed by atoms with Crippen LogP contribution in [0.5, 0.6) is 5.75 Å². The smallest absolute Gasteiger partial charge is 0.325 e. The highest BCUT2D eigenvalue weighted by Gasteiger charge is 2.10. The summed E-state index contributed by atoms with van der Waals surface area (Å²) in [5.41, 5.74) is 0. The summed E-state index contributed by atoms with van der Waals surface area (Å²) in [5.74, 6) is -1.40. The molecule has 1 aromatic carbocycles. The molecule has 0 aliphatic carbocycles. The minimum Gasteiger partial charge on any atom is -0.490 e. The number of halogens is 1. The van der Waals surface area contributed by atoms with Crippen LogP contribution in [0.2, 0.25) is 0 Å². The molecule has 2 amide bonds. The van der Waals surface area contributed by atoms with Gasteiger partial charge in [0.2, 0.25) is 5.91 Å². The van der Waals surface area contributed by atoms with Crippen LogP contribution in [-0.2, 0) is 14.3 Å². The van der Waals surface area contributed by atoms with Crippen molar-refractivity contribution >= 4 is 29.1 Å². The summed E-state index contributed by atoms with van der Waals surface area (Å²) in [6.07, 6.45) is 0. The van der Waals surface area contributed by atoms with E-state index in [1.54, 1.807) is 17.5 Å². The number of rotatable bonds is 9. The van der Waals surface area contributed by atoms with E-state index in [1.807, 2.05) is 0 Å². The van der Waals surface area contributed by atoms with Gasteiger partial charge in [-0.1, -0.05) is 6.07 Å². The standard InChI is InChI=1S/C17H17FN2O5S/c18-12-3-5-13(6-4-12)24-7-8-25-16(22)11-19-15(21)10-20-17(23)14-2-1-9-26-14/h1-6,9H,7-8,10-11H2,(H,19,21)(H,20,23). The Kier molecular flexibility index (Phi) is 7.56. The van der Waals surface area contributed by atoms with Gasteiger partial charge in [-0.15, -0.1) is 11.3 Å². The third-order valence-electron chi connectivity index (χ3n) is 3.01. The van der Waals surface area contributed by atoms with E-state index >= 15 is 0 Å². The summed E-state index contributed by atoms with van der Waals surface area (Å²) in [6, 6.07) is 8.81. The van der Waals surface area contributed by atoms with Crippen LogP contribution in [0.4, 0.5) is 4.39 Å². The molecule has 0 aliphatic heterocycles. The van der Waals surface area contributed by atoms with Crippen molar-refractivity contribution in [2.75, 3.05) is 26.3 Å². The van der Waals surface area contributed by atoms with Gasteiger partial charge in [0.05, 0.1) is 11.4 Å². The van der Waals surface area contributed by atoms with Gasteiger partial charge in [0.1, 0.15) is 31.3 Å². The third-order valence-corrected chi connectivity index (χ3v) is 3.88. The maximum Gasteiger partial charge on any atom is 0.325 e. The lowest BCUT2D eigenvalue weighted by Crippen LogP contribution is -2.39. The Hall–Kier alpha value is -2.94. The highest BCUT2D eigenvalue weighted by atomic mass is 32.1. The van der Waals surface area contributed by atoms with E-state index in [2.05, 4.69) is 10.6 Å². The Morgan fingerprint density at radius 3 is 2.46 bits per heavy atom. The van der Waals surface area contributed by atoms with Crippen molar-refractivity contribution in [3.05, 3.63) is 52.5 Å². The zero-order valence-electron chi connectivity index (χ0n) is 13.7. The molecule has 9 heteroatoms. The molecule has 1 aromatic heterocycles. The van der Waals surface area contributed by atoms with Crippen LogP contribution >= 0.6 is 11.3 Å². The topological polar surface area (TPSA) is 93.7 Å². The van der Waals surface area contributed by atoms with Crippen LogP contribution in [0.1, 0.15) is 9.67 Å². The van der Waals surface area contributed by atoms with Crippen molar-refractivity contribution in [1.82, 2.24) is 10.6 Å². The summed E-state index contributed by atoms with van der Waals surface area (Å²) >= 11 is 1.26. The SMILES string of the molecule is O=C(CNC(=O)c1cccs1)NCC(=O)OCCOc1ccc(F)cc1. The molecule has 0 radical (unpaired) electrons. The third kappa shape index (κ3) is 6.89.